The van der Waals surface area contributed by atoms with Gasteiger partial charge in [-0.1, -0.05) is 47.0 Å². The minimum absolute atomic E-state index is 0.117. The van der Waals surface area contributed by atoms with Gasteiger partial charge >= 0.3 is 0 Å². The third-order valence-corrected chi connectivity index (χ3v) is 5.06. The molecule has 1 rings (SSSR count). The van der Waals surface area contributed by atoms with Crippen LogP contribution in [0.5, 0.6) is 0 Å². The molecule has 8 heteroatoms. The largest absolute Gasteiger partial charge is 0.394 e. The highest BCUT2D eigenvalue weighted by Gasteiger charge is 2.54. The second-order valence-electron chi connectivity index (χ2n) is 8.79. The average Bonchev–Trinajstić information content (AvgIpc) is 3.45. The van der Waals surface area contributed by atoms with Crippen LogP contribution in [0.25, 0.3) is 0 Å². The predicted molar refractivity (Wildman–Crippen MR) is 109 cm³/mol. The number of carbonyl (C=O) groups is 3. The van der Waals surface area contributed by atoms with Crippen molar-refractivity contribution in [2.24, 2.45) is 11.8 Å². The van der Waals surface area contributed by atoms with Gasteiger partial charge in [-0.2, -0.15) is 0 Å². The summed E-state index contributed by atoms with van der Waals surface area (Å²) in [5.41, 5.74) is -1.24. The summed E-state index contributed by atoms with van der Waals surface area (Å²) in [4.78, 5) is 37.3. The van der Waals surface area contributed by atoms with Gasteiger partial charge in [-0.3, -0.25) is 14.4 Å². The zero-order chi connectivity index (χ0) is 22.0. The summed E-state index contributed by atoms with van der Waals surface area (Å²) in [6, 6.07) is -1.97. The number of nitrogens with one attached hydrogen (secondary N) is 2. The molecule has 0 aliphatic carbocycles. The lowest BCUT2D eigenvalue weighted by Gasteiger charge is -2.24. The molecule has 0 aromatic carbocycles. The Morgan fingerprint density at radius 1 is 0.966 bits per heavy atom. The first-order valence-electron chi connectivity index (χ1n) is 10.6. The molecule has 29 heavy (non-hydrogen) atoms. The van der Waals surface area contributed by atoms with Crippen LogP contribution in [0, 0.1) is 11.8 Å². The Bertz CT molecular complexity index is 545. The summed E-state index contributed by atoms with van der Waals surface area (Å²) in [6.07, 6.45) is 4.50. The highest BCUT2D eigenvalue weighted by atomic mass is 16.6. The van der Waals surface area contributed by atoms with E-state index in [1.54, 1.807) is 0 Å². The molecule has 4 N–H and O–H groups in total. The van der Waals surface area contributed by atoms with Crippen molar-refractivity contribution in [3.63, 3.8) is 0 Å². The molecular formula is C21H38N2O6. The Hall–Kier alpha value is -1.51. The number of ketones is 1. The fourth-order valence-electron chi connectivity index (χ4n) is 3.17. The summed E-state index contributed by atoms with van der Waals surface area (Å²) >= 11 is 0. The van der Waals surface area contributed by atoms with Crippen molar-refractivity contribution >= 4 is 17.6 Å². The van der Waals surface area contributed by atoms with E-state index in [0.29, 0.717) is 12.3 Å². The normalized spacial score (nSPS) is 20.4. The summed E-state index contributed by atoms with van der Waals surface area (Å²) in [7, 11) is 0. The van der Waals surface area contributed by atoms with Crippen LogP contribution in [-0.2, 0) is 19.1 Å². The molecule has 1 saturated heterocycles. The fraction of sp³-hybridized carbons (Fsp3) is 0.857. The molecule has 1 heterocycles. The van der Waals surface area contributed by atoms with E-state index >= 15 is 0 Å². The number of Topliss-reactive ketones (excluding diaryl/α,β-unsaturated/α-hetero) is 1. The Labute approximate surface area is 173 Å². The zero-order valence-corrected chi connectivity index (χ0v) is 18.2. The molecule has 0 bridgehead atoms. The average molecular weight is 415 g/mol. The number of rotatable bonds is 15. The molecule has 1 fully saturated rings. The quantitative estimate of drug-likeness (QED) is 0.233. The molecule has 1 aliphatic heterocycles. The molecule has 0 spiro atoms. The van der Waals surface area contributed by atoms with Crippen molar-refractivity contribution in [1.82, 2.24) is 10.6 Å². The first-order valence-corrected chi connectivity index (χ1v) is 10.6. The molecule has 168 valence electrons. The number of aliphatic hydroxyl groups excluding tert-OH is 2. The Morgan fingerprint density at radius 2 is 1.62 bits per heavy atom. The van der Waals surface area contributed by atoms with E-state index < -0.39 is 36.8 Å². The second kappa shape index (κ2) is 12.2. The number of carbonyl (C=O) groups excluding carboxylic acids is 3. The van der Waals surface area contributed by atoms with Crippen molar-refractivity contribution in [3.8, 4) is 0 Å². The van der Waals surface area contributed by atoms with Crippen LogP contribution in [0.3, 0.4) is 0 Å². The molecule has 0 radical (unpaired) electrons. The first-order chi connectivity index (χ1) is 13.6. The number of hydrogen-bond donors (Lipinski definition) is 4. The minimum Gasteiger partial charge on any atom is -0.394 e. The molecule has 8 nitrogen and oxygen atoms in total. The standard InChI is InChI=1S/C21H38N2O6/c1-14(2)8-6-5-7-9-18(26)22-17(11-24)20(28)23-16(10-15(3)4)19(27)21(12-25)13-29-21/h14-17,24-25H,5-13H2,1-4H3,(H,22,26)(H,23,28)/t16-,17-,21+/m0/s1. The Kier molecular flexibility index (Phi) is 10.8. The van der Waals surface area contributed by atoms with Crippen LogP contribution in [0.1, 0.15) is 66.2 Å². The van der Waals surface area contributed by atoms with Gasteiger partial charge in [-0.05, 0) is 24.7 Å². The van der Waals surface area contributed by atoms with Gasteiger partial charge in [-0.15, -0.1) is 0 Å². The molecule has 0 aromatic heterocycles. The van der Waals surface area contributed by atoms with Gasteiger partial charge < -0.3 is 25.6 Å². The molecular weight excluding hydrogens is 376 g/mol. The number of unbranched alkanes of at least 4 members (excludes halogenated alkanes) is 2. The molecule has 2 amide bonds. The maximum absolute atomic E-state index is 12.7. The summed E-state index contributed by atoms with van der Waals surface area (Å²) in [5.74, 6) is -0.540. The smallest absolute Gasteiger partial charge is 0.245 e. The summed E-state index contributed by atoms with van der Waals surface area (Å²) in [6.45, 7) is 7.28. The number of aliphatic hydroxyl groups is 2. The van der Waals surface area contributed by atoms with E-state index in [1.807, 2.05) is 13.8 Å². The third-order valence-electron chi connectivity index (χ3n) is 5.06. The number of ether oxygens (including phenoxy) is 1. The van der Waals surface area contributed by atoms with Crippen molar-refractivity contribution in [1.29, 1.82) is 0 Å². The van der Waals surface area contributed by atoms with Crippen LogP contribution < -0.4 is 10.6 Å². The van der Waals surface area contributed by atoms with Gasteiger partial charge in [0.2, 0.25) is 11.8 Å². The highest BCUT2D eigenvalue weighted by Crippen LogP contribution is 2.30. The van der Waals surface area contributed by atoms with Gasteiger partial charge in [0, 0.05) is 6.42 Å². The Balaban J connectivity index is 2.55. The van der Waals surface area contributed by atoms with E-state index in [2.05, 4.69) is 24.5 Å². The van der Waals surface area contributed by atoms with E-state index in [4.69, 9.17) is 4.74 Å². The van der Waals surface area contributed by atoms with Gasteiger partial charge in [0.1, 0.15) is 6.04 Å². The van der Waals surface area contributed by atoms with Crippen molar-refractivity contribution in [2.75, 3.05) is 19.8 Å². The maximum Gasteiger partial charge on any atom is 0.245 e. The minimum atomic E-state index is -1.24. The van der Waals surface area contributed by atoms with Crippen LogP contribution in [0.4, 0.5) is 0 Å². The first kappa shape index (κ1) is 25.5. The maximum atomic E-state index is 12.7. The molecule has 3 atom stereocenters. The third kappa shape index (κ3) is 8.80. The van der Waals surface area contributed by atoms with Gasteiger partial charge in [0.15, 0.2) is 11.4 Å². The van der Waals surface area contributed by atoms with Gasteiger partial charge in [0.05, 0.1) is 25.9 Å². The summed E-state index contributed by atoms with van der Waals surface area (Å²) < 4.78 is 5.11. The highest BCUT2D eigenvalue weighted by molar-refractivity contribution is 5.98. The number of hydrogen-bond acceptors (Lipinski definition) is 6. The van der Waals surface area contributed by atoms with E-state index in [9.17, 15) is 24.6 Å². The molecule has 0 unspecified atom stereocenters. The number of amides is 2. The van der Waals surface area contributed by atoms with Crippen molar-refractivity contribution in [3.05, 3.63) is 0 Å². The lowest BCUT2D eigenvalue weighted by molar-refractivity contribution is -0.134. The van der Waals surface area contributed by atoms with Crippen LogP contribution in [0.15, 0.2) is 0 Å². The lowest BCUT2D eigenvalue weighted by Crippen LogP contribution is -2.55. The topological polar surface area (TPSA) is 128 Å². The molecule has 1 aliphatic rings. The second-order valence-corrected chi connectivity index (χ2v) is 8.79. The molecule has 0 aromatic rings. The molecule has 0 saturated carbocycles. The van der Waals surface area contributed by atoms with Crippen LogP contribution in [-0.4, -0.2) is 65.3 Å². The monoisotopic (exact) mass is 414 g/mol. The van der Waals surface area contributed by atoms with Crippen LogP contribution >= 0.6 is 0 Å². The van der Waals surface area contributed by atoms with Crippen molar-refractivity contribution in [2.45, 2.75) is 83.9 Å². The van der Waals surface area contributed by atoms with E-state index in [1.165, 1.54) is 0 Å². The fourth-order valence-corrected chi connectivity index (χ4v) is 3.17. The van der Waals surface area contributed by atoms with Gasteiger partial charge in [-0.25, -0.2) is 0 Å². The zero-order valence-electron chi connectivity index (χ0n) is 18.2. The van der Waals surface area contributed by atoms with Gasteiger partial charge in [0.25, 0.3) is 0 Å². The van der Waals surface area contributed by atoms with E-state index in [0.717, 1.165) is 25.7 Å². The van der Waals surface area contributed by atoms with Crippen LogP contribution in [0.2, 0.25) is 0 Å². The number of epoxide rings is 1. The SMILES string of the molecule is CC(C)CCCCCC(=O)N[C@@H](CO)C(=O)N[C@@H](CC(C)C)C(=O)[C@@]1(CO)CO1. The lowest BCUT2D eigenvalue weighted by atomic mass is 9.92. The van der Waals surface area contributed by atoms with Crippen molar-refractivity contribution < 1.29 is 29.3 Å². The summed E-state index contributed by atoms with van der Waals surface area (Å²) in [5, 5.41) is 24.1. The Morgan fingerprint density at radius 3 is 2.10 bits per heavy atom. The predicted octanol–water partition coefficient (Wildman–Crippen LogP) is 0.931. The van der Waals surface area contributed by atoms with E-state index in [-0.39, 0.29) is 30.6 Å².